The Labute approximate surface area is 133 Å². The summed E-state index contributed by atoms with van der Waals surface area (Å²) in [5.41, 5.74) is 2.08. The van der Waals surface area contributed by atoms with Gasteiger partial charge in [-0.05, 0) is 60.8 Å². The van der Waals surface area contributed by atoms with Gasteiger partial charge in [0.2, 0.25) is 0 Å². The second-order valence-corrected chi connectivity index (χ2v) is 7.18. The van der Waals surface area contributed by atoms with Crippen LogP contribution in [0.25, 0.3) is 0 Å². The summed E-state index contributed by atoms with van der Waals surface area (Å²) < 4.78 is 1.05. The Morgan fingerprint density at radius 2 is 1.90 bits per heavy atom. The first-order chi connectivity index (χ1) is 10.1. The molecule has 0 radical (unpaired) electrons. The van der Waals surface area contributed by atoms with Gasteiger partial charge in [0.25, 0.3) is 0 Å². The lowest BCUT2D eigenvalue weighted by Gasteiger charge is -2.42. The lowest BCUT2D eigenvalue weighted by molar-refractivity contribution is -0.118. The molecule has 0 unspecified atom stereocenters. The van der Waals surface area contributed by atoms with E-state index in [4.69, 9.17) is 0 Å². The van der Waals surface area contributed by atoms with Crippen LogP contribution < -0.4 is 0 Å². The molecule has 0 saturated heterocycles. The number of halogens is 1. The summed E-state index contributed by atoms with van der Waals surface area (Å²) in [6, 6.07) is 8.27. The van der Waals surface area contributed by atoms with Gasteiger partial charge in [0, 0.05) is 16.8 Å². The number of ketones is 1. The van der Waals surface area contributed by atoms with E-state index in [0.29, 0.717) is 18.3 Å². The summed E-state index contributed by atoms with van der Waals surface area (Å²) in [4.78, 5) is 23.5. The number of carbonyl (C=O) groups excluding carboxylic acids is 2. The molecule has 1 aromatic rings. The molecule has 3 rings (SSSR count). The smallest absolute Gasteiger partial charge is 0.158 e. The van der Waals surface area contributed by atoms with Crippen molar-refractivity contribution in [2.24, 2.45) is 17.8 Å². The molecule has 1 aromatic carbocycles. The van der Waals surface area contributed by atoms with Crippen molar-refractivity contribution in [3.05, 3.63) is 46.0 Å². The van der Waals surface area contributed by atoms with E-state index in [1.54, 1.807) is 0 Å². The Morgan fingerprint density at radius 3 is 2.57 bits per heavy atom. The van der Waals surface area contributed by atoms with Crippen LogP contribution in [-0.4, -0.2) is 12.1 Å². The van der Waals surface area contributed by atoms with Crippen molar-refractivity contribution in [1.29, 1.82) is 0 Å². The SMILES string of the molecule is CC1=C[C@H]2[C@@H](CC[C@@H](C=O)[C@@H]2c2ccc(Br)cc2)CC1=O. The maximum atomic E-state index is 11.9. The largest absolute Gasteiger partial charge is 0.303 e. The van der Waals surface area contributed by atoms with Gasteiger partial charge in [-0.1, -0.05) is 34.1 Å². The van der Waals surface area contributed by atoms with Crippen LogP contribution in [0.15, 0.2) is 40.4 Å². The van der Waals surface area contributed by atoms with E-state index in [1.165, 1.54) is 5.56 Å². The van der Waals surface area contributed by atoms with E-state index in [0.717, 1.165) is 29.2 Å². The maximum absolute atomic E-state index is 11.9. The van der Waals surface area contributed by atoms with Crippen LogP contribution >= 0.6 is 15.9 Å². The molecule has 0 bridgehead atoms. The van der Waals surface area contributed by atoms with Crippen LogP contribution in [0.4, 0.5) is 0 Å². The Balaban J connectivity index is 2.01. The fourth-order valence-corrected chi connectivity index (χ4v) is 4.19. The number of benzene rings is 1. The number of allylic oxidation sites excluding steroid dienone is 2. The standard InChI is InChI=1S/C18H19BrO2/c1-11-8-16-13(9-17(11)21)2-3-14(10-20)18(16)12-4-6-15(19)7-5-12/h4-8,10,13-14,16,18H,2-3,9H2,1H3/t13-,14-,16-,18-/m0/s1. The number of hydrogen-bond acceptors (Lipinski definition) is 2. The van der Waals surface area contributed by atoms with Crippen molar-refractivity contribution in [3.63, 3.8) is 0 Å². The minimum absolute atomic E-state index is 0.0599. The number of aldehydes is 1. The highest BCUT2D eigenvalue weighted by Gasteiger charge is 2.41. The lowest BCUT2D eigenvalue weighted by Crippen LogP contribution is -2.36. The quantitative estimate of drug-likeness (QED) is 0.748. The molecule has 2 aliphatic rings. The third kappa shape index (κ3) is 2.76. The number of fused-ring (bicyclic) bond motifs is 1. The van der Waals surface area contributed by atoms with E-state index >= 15 is 0 Å². The highest BCUT2D eigenvalue weighted by Crippen LogP contribution is 2.48. The van der Waals surface area contributed by atoms with Crippen LogP contribution in [-0.2, 0) is 9.59 Å². The Kier molecular flexibility index (Phi) is 4.12. The summed E-state index contributed by atoms with van der Waals surface area (Å²) in [5, 5.41) is 0. The summed E-state index contributed by atoms with van der Waals surface area (Å²) in [5.74, 6) is 1.25. The van der Waals surface area contributed by atoms with Gasteiger partial charge >= 0.3 is 0 Å². The molecule has 0 N–H and O–H groups in total. The van der Waals surface area contributed by atoms with Gasteiger partial charge in [0.15, 0.2) is 5.78 Å². The van der Waals surface area contributed by atoms with Gasteiger partial charge in [0.05, 0.1) is 0 Å². The molecule has 0 aliphatic heterocycles. The maximum Gasteiger partial charge on any atom is 0.158 e. The van der Waals surface area contributed by atoms with Gasteiger partial charge < -0.3 is 4.79 Å². The summed E-state index contributed by atoms with van der Waals surface area (Å²) in [6.07, 6.45) is 5.76. The van der Waals surface area contributed by atoms with Crippen LogP contribution in [0.2, 0.25) is 0 Å². The first-order valence-corrected chi connectivity index (χ1v) is 8.32. The topological polar surface area (TPSA) is 34.1 Å². The molecule has 1 saturated carbocycles. The van der Waals surface area contributed by atoms with Crippen molar-refractivity contribution < 1.29 is 9.59 Å². The van der Waals surface area contributed by atoms with Crippen LogP contribution in [0.1, 0.15) is 37.7 Å². The molecular weight excluding hydrogens is 328 g/mol. The van der Waals surface area contributed by atoms with E-state index in [1.807, 2.05) is 19.1 Å². The fraction of sp³-hybridized carbons (Fsp3) is 0.444. The van der Waals surface area contributed by atoms with Crippen LogP contribution in [0.5, 0.6) is 0 Å². The minimum Gasteiger partial charge on any atom is -0.303 e. The van der Waals surface area contributed by atoms with E-state index in [2.05, 4.69) is 34.1 Å². The van der Waals surface area contributed by atoms with Crippen molar-refractivity contribution in [1.82, 2.24) is 0 Å². The van der Waals surface area contributed by atoms with Crippen molar-refractivity contribution in [2.45, 2.75) is 32.1 Å². The number of Topliss-reactive ketones (excluding diaryl/α,β-unsaturated/α-hetero) is 1. The van der Waals surface area contributed by atoms with E-state index in [-0.39, 0.29) is 17.6 Å². The van der Waals surface area contributed by atoms with Crippen LogP contribution in [0, 0.1) is 17.8 Å². The zero-order valence-corrected chi connectivity index (χ0v) is 13.7. The molecular formula is C18H19BrO2. The van der Waals surface area contributed by atoms with Gasteiger partial charge in [-0.2, -0.15) is 0 Å². The van der Waals surface area contributed by atoms with Gasteiger partial charge in [-0.25, -0.2) is 0 Å². The summed E-state index contributed by atoms with van der Waals surface area (Å²) in [6.45, 7) is 1.90. The molecule has 2 aliphatic carbocycles. The second-order valence-electron chi connectivity index (χ2n) is 6.27. The molecule has 0 amide bonds. The zero-order valence-electron chi connectivity index (χ0n) is 12.1. The Morgan fingerprint density at radius 1 is 1.19 bits per heavy atom. The molecule has 0 spiro atoms. The van der Waals surface area contributed by atoms with E-state index in [9.17, 15) is 9.59 Å². The number of carbonyl (C=O) groups is 2. The number of hydrogen-bond donors (Lipinski definition) is 0. The molecule has 2 nitrogen and oxygen atoms in total. The van der Waals surface area contributed by atoms with Crippen molar-refractivity contribution in [3.8, 4) is 0 Å². The van der Waals surface area contributed by atoms with Crippen molar-refractivity contribution >= 4 is 28.0 Å². The average molecular weight is 347 g/mol. The molecule has 0 aromatic heterocycles. The zero-order chi connectivity index (χ0) is 15.0. The third-order valence-corrected chi connectivity index (χ3v) is 5.58. The third-order valence-electron chi connectivity index (χ3n) is 5.05. The second kappa shape index (κ2) is 5.88. The normalized spacial score (nSPS) is 32.3. The Hall–Kier alpha value is -1.22. The Bertz CT molecular complexity index is 588. The molecule has 1 fully saturated rings. The average Bonchev–Trinajstić information content (AvgIpc) is 2.48. The molecule has 21 heavy (non-hydrogen) atoms. The molecule has 3 heteroatoms. The fourth-order valence-electron chi connectivity index (χ4n) is 3.92. The summed E-state index contributed by atoms with van der Waals surface area (Å²) in [7, 11) is 0. The summed E-state index contributed by atoms with van der Waals surface area (Å²) >= 11 is 3.46. The van der Waals surface area contributed by atoms with Crippen LogP contribution in [0.3, 0.4) is 0 Å². The molecule has 110 valence electrons. The number of rotatable bonds is 2. The first kappa shape index (κ1) is 14.7. The van der Waals surface area contributed by atoms with Gasteiger partial charge in [-0.15, -0.1) is 0 Å². The van der Waals surface area contributed by atoms with E-state index < -0.39 is 0 Å². The predicted octanol–water partition coefficient (Wildman–Crippen LogP) is 4.29. The minimum atomic E-state index is 0.0599. The van der Waals surface area contributed by atoms with Crippen molar-refractivity contribution in [2.75, 3.05) is 0 Å². The molecule has 0 heterocycles. The lowest BCUT2D eigenvalue weighted by atomic mass is 9.61. The predicted molar refractivity (Wildman–Crippen MR) is 86.0 cm³/mol. The highest BCUT2D eigenvalue weighted by atomic mass is 79.9. The first-order valence-electron chi connectivity index (χ1n) is 7.52. The highest BCUT2D eigenvalue weighted by molar-refractivity contribution is 9.10. The van der Waals surface area contributed by atoms with Gasteiger partial charge in [0.1, 0.15) is 6.29 Å². The van der Waals surface area contributed by atoms with Gasteiger partial charge in [-0.3, -0.25) is 4.79 Å². The molecule has 4 atom stereocenters. The monoisotopic (exact) mass is 346 g/mol.